The molecule has 2 nitrogen and oxygen atoms in total. The van der Waals surface area contributed by atoms with Crippen molar-refractivity contribution in [2.24, 2.45) is 5.92 Å². The Bertz CT molecular complexity index is 445. The lowest BCUT2D eigenvalue weighted by Gasteiger charge is -2.34. The van der Waals surface area contributed by atoms with Gasteiger partial charge in [0, 0.05) is 6.04 Å². The van der Waals surface area contributed by atoms with Crippen molar-refractivity contribution in [2.75, 3.05) is 6.54 Å². The van der Waals surface area contributed by atoms with Crippen LogP contribution in [0.3, 0.4) is 0 Å². The average Bonchev–Trinajstić information content (AvgIpc) is 2.37. The van der Waals surface area contributed by atoms with Crippen molar-refractivity contribution < 1.29 is 17.9 Å². The van der Waals surface area contributed by atoms with Gasteiger partial charge in [0.1, 0.15) is 5.75 Å². The second-order valence-electron chi connectivity index (χ2n) is 5.46. The van der Waals surface area contributed by atoms with Crippen LogP contribution in [0.2, 0.25) is 0 Å². The molecule has 1 aliphatic rings. The first-order valence-corrected chi connectivity index (χ1v) is 6.94. The highest BCUT2D eigenvalue weighted by molar-refractivity contribution is 5.31. The Kier molecular flexibility index (Phi) is 4.58. The number of ether oxygens (including phenoxy) is 1. The van der Waals surface area contributed by atoms with Crippen LogP contribution in [0.25, 0.3) is 0 Å². The van der Waals surface area contributed by atoms with Gasteiger partial charge in [-0.25, -0.2) is 0 Å². The minimum atomic E-state index is -4.17. The van der Waals surface area contributed by atoms with Crippen molar-refractivity contribution in [1.29, 1.82) is 0 Å². The van der Waals surface area contributed by atoms with Crippen LogP contribution in [-0.2, 0) is 0 Å². The predicted octanol–water partition coefficient (Wildman–Crippen LogP) is 4.08. The number of piperidine rings is 1. The van der Waals surface area contributed by atoms with Crippen LogP contribution >= 0.6 is 0 Å². The predicted molar refractivity (Wildman–Crippen MR) is 71.7 cm³/mol. The molecule has 112 valence electrons. The number of hydrogen-bond acceptors (Lipinski definition) is 2. The Labute approximate surface area is 117 Å². The van der Waals surface area contributed by atoms with Gasteiger partial charge in [-0.1, -0.05) is 12.1 Å². The van der Waals surface area contributed by atoms with Crippen LogP contribution in [0.4, 0.5) is 13.2 Å². The number of nitrogens with one attached hydrogen (secondary N) is 1. The van der Waals surface area contributed by atoms with Crippen molar-refractivity contribution >= 4 is 0 Å². The molecular formula is C15H20F3NO. The second kappa shape index (κ2) is 6.04. The van der Waals surface area contributed by atoms with Gasteiger partial charge in [0.15, 0.2) is 0 Å². The highest BCUT2D eigenvalue weighted by Crippen LogP contribution is 2.41. The summed E-state index contributed by atoms with van der Waals surface area (Å²) in [5.74, 6) is -0.712. The summed E-state index contributed by atoms with van der Waals surface area (Å²) in [5.41, 5.74) is 0.644. The SMILES string of the molecule is CC(C)Oc1cccc(C2NCCCC2C(F)(F)F)c1. The fourth-order valence-electron chi connectivity index (χ4n) is 2.64. The molecule has 0 bridgehead atoms. The third-order valence-corrected chi connectivity index (χ3v) is 3.47. The summed E-state index contributed by atoms with van der Waals surface area (Å²) in [5, 5.41) is 3.00. The third-order valence-electron chi connectivity index (χ3n) is 3.47. The molecule has 1 fully saturated rings. The van der Waals surface area contributed by atoms with E-state index in [0.717, 1.165) is 0 Å². The molecule has 2 unspecified atom stereocenters. The zero-order valence-corrected chi connectivity index (χ0v) is 11.7. The molecule has 2 rings (SSSR count). The monoisotopic (exact) mass is 287 g/mol. The van der Waals surface area contributed by atoms with E-state index >= 15 is 0 Å². The third kappa shape index (κ3) is 3.66. The smallest absolute Gasteiger partial charge is 0.393 e. The van der Waals surface area contributed by atoms with Crippen molar-refractivity contribution in [3.8, 4) is 5.75 Å². The van der Waals surface area contributed by atoms with Crippen molar-refractivity contribution in [1.82, 2.24) is 5.32 Å². The van der Waals surface area contributed by atoms with E-state index in [-0.39, 0.29) is 12.5 Å². The van der Waals surface area contributed by atoms with Gasteiger partial charge in [0.05, 0.1) is 12.0 Å². The molecule has 0 spiro atoms. The van der Waals surface area contributed by atoms with Crippen molar-refractivity contribution in [3.63, 3.8) is 0 Å². The fraction of sp³-hybridized carbons (Fsp3) is 0.600. The van der Waals surface area contributed by atoms with Gasteiger partial charge in [-0.3, -0.25) is 0 Å². The molecule has 1 heterocycles. The molecule has 0 saturated carbocycles. The molecule has 0 amide bonds. The van der Waals surface area contributed by atoms with Gasteiger partial charge >= 0.3 is 6.18 Å². The zero-order chi connectivity index (χ0) is 14.8. The average molecular weight is 287 g/mol. The Balaban J connectivity index is 2.24. The molecule has 5 heteroatoms. The summed E-state index contributed by atoms with van der Waals surface area (Å²) in [6, 6.07) is 6.28. The Hall–Kier alpha value is -1.23. The van der Waals surface area contributed by atoms with Crippen LogP contribution in [-0.4, -0.2) is 18.8 Å². The topological polar surface area (TPSA) is 21.3 Å². The molecule has 0 radical (unpaired) electrons. The summed E-state index contributed by atoms with van der Waals surface area (Å²) >= 11 is 0. The van der Waals surface area contributed by atoms with E-state index in [1.165, 1.54) is 0 Å². The summed E-state index contributed by atoms with van der Waals surface area (Å²) in [7, 11) is 0. The quantitative estimate of drug-likeness (QED) is 0.904. The van der Waals surface area contributed by atoms with Gasteiger partial charge in [0.2, 0.25) is 0 Å². The minimum Gasteiger partial charge on any atom is -0.491 e. The number of rotatable bonds is 3. The Morgan fingerprint density at radius 2 is 2.05 bits per heavy atom. The molecule has 0 aliphatic carbocycles. The number of alkyl halides is 3. The van der Waals surface area contributed by atoms with E-state index in [1.807, 2.05) is 13.8 Å². The highest BCUT2D eigenvalue weighted by atomic mass is 19.4. The van der Waals surface area contributed by atoms with E-state index in [0.29, 0.717) is 24.3 Å². The maximum Gasteiger partial charge on any atom is 0.393 e. The largest absolute Gasteiger partial charge is 0.491 e. The second-order valence-corrected chi connectivity index (χ2v) is 5.46. The molecule has 1 saturated heterocycles. The maximum atomic E-state index is 13.1. The fourth-order valence-corrected chi connectivity index (χ4v) is 2.64. The first-order chi connectivity index (χ1) is 9.38. The standard InChI is InChI=1S/C15H20F3NO/c1-10(2)20-12-6-3-5-11(9-12)14-13(15(16,17)18)7-4-8-19-14/h3,5-6,9-10,13-14,19H,4,7-8H2,1-2H3. The van der Waals surface area contributed by atoms with Gasteiger partial charge < -0.3 is 10.1 Å². The van der Waals surface area contributed by atoms with Gasteiger partial charge in [-0.05, 0) is 50.9 Å². The summed E-state index contributed by atoms with van der Waals surface area (Å²) < 4.78 is 44.9. The summed E-state index contributed by atoms with van der Waals surface area (Å²) in [6.45, 7) is 4.40. The van der Waals surface area contributed by atoms with Crippen molar-refractivity contribution in [3.05, 3.63) is 29.8 Å². The lowest BCUT2D eigenvalue weighted by atomic mass is 9.85. The van der Waals surface area contributed by atoms with E-state index in [2.05, 4.69) is 5.32 Å². The minimum absolute atomic E-state index is 0.00276. The van der Waals surface area contributed by atoms with Crippen LogP contribution in [0.1, 0.15) is 38.3 Å². The van der Waals surface area contributed by atoms with Gasteiger partial charge in [0.25, 0.3) is 0 Å². The highest BCUT2D eigenvalue weighted by Gasteiger charge is 2.46. The summed E-state index contributed by atoms with van der Waals surface area (Å²) in [6.07, 6.45) is -3.44. The molecule has 1 aromatic rings. The number of halogens is 3. The van der Waals surface area contributed by atoms with E-state index < -0.39 is 18.1 Å². The van der Waals surface area contributed by atoms with Crippen LogP contribution in [0.5, 0.6) is 5.75 Å². The Morgan fingerprint density at radius 3 is 2.70 bits per heavy atom. The number of hydrogen-bond donors (Lipinski definition) is 1. The Morgan fingerprint density at radius 1 is 1.30 bits per heavy atom. The van der Waals surface area contributed by atoms with Crippen LogP contribution < -0.4 is 10.1 Å². The number of benzene rings is 1. The van der Waals surface area contributed by atoms with Gasteiger partial charge in [-0.2, -0.15) is 13.2 Å². The van der Waals surface area contributed by atoms with Crippen LogP contribution in [0, 0.1) is 5.92 Å². The normalized spacial score (nSPS) is 23.9. The van der Waals surface area contributed by atoms with Gasteiger partial charge in [-0.15, -0.1) is 0 Å². The molecule has 20 heavy (non-hydrogen) atoms. The first-order valence-electron chi connectivity index (χ1n) is 6.94. The molecule has 1 aliphatic heterocycles. The van der Waals surface area contributed by atoms with E-state index in [1.54, 1.807) is 24.3 Å². The molecule has 1 aromatic carbocycles. The molecule has 0 aromatic heterocycles. The van der Waals surface area contributed by atoms with Crippen molar-refractivity contribution in [2.45, 2.75) is 45.0 Å². The first kappa shape index (κ1) is 15.2. The summed E-state index contributed by atoms with van der Waals surface area (Å²) in [4.78, 5) is 0. The molecule has 1 N–H and O–H groups in total. The van der Waals surface area contributed by atoms with E-state index in [9.17, 15) is 13.2 Å². The maximum absolute atomic E-state index is 13.1. The lowest BCUT2D eigenvalue weighted by Crippen LogP contribution is -2.41. The van der Waals surface area contributed by atoms with E-state index in [4.69, 9.17) is 4.74 Å². The molecular weight excluding hydrogens is 267 g/mol. The molecule has 2 atom stereocenters. The van der Waals surface area contributed by atoms with Crippen LogP contribution in [0.15, 0.2) is 24.3 Å². The zero-order valence-electron chi connectivity index (χ0n) is 11.7. The lowest BCUT2D eigenvalue weighted by molar-refractivity contribution is -0.189.